The number of aliphatic hydroxyl groups is 1. The first-order valence-corrected chi connectivity index (χ1v) is 8.36. The van der Waals surface area contributed by atoms with E-state index in [-0.39, 0.29) is 35.2 Å². The van der Waals surface area contributed by atoms with Gasteiger partial charge in [-0.05, 0) is 17.7 Å². The van der Waals surface area contributed by atoms with Crippen molar-refractivity contribution < 1.29 is 34.7 Å². The summed E-state index contributed by atoms with van der Waals surface area (Å²) in [6.07, 6.45) is -1.87. The van der Waals surface area contributed by atoms with Crippen LogP contribution < -0.4 is 9.47 Å². The van der Waals surface area contributed by atoms with Crippen LogP contribution in [0.1, 0.15) is 17.2 Å². The molecule has 1 aliphatic rings. The molecule has 3 rings (SSSR count). The third kappa shape index (κ3) is 3.60. The van der Waals surface area contributed by atoms with Gasteiger partial charge in [0.05, 0.1) is 6.10 Å². The fraction of sp³-hybridized carbons (Fsp3) is 0.235. The van der Waals surface area contributed by atoms with Crippen molar-refractivity contribution in [1.82, 2.24) is 0 Å². The van der Waals surface area contributed by atoms with Gasteiger partial charge in [-0.1, -0.05) is 29.3 Å². The summed E-state index contributed by atoms with van der Waals surface area (Å²) in [6.45, 7) is 0. The third-order valence-corrected chi connectivity index (χ3v) is 4.24. The number of aliphatic hydroxyl groups excluding tert-OH is 1. The van der Waals surface area contributed by atoms with Crippen LogP contribution in [-0.4, -0.2) is 37.3 Å². The molecule has 0 bridgehead atoms. The molecule has 0 fully saturated rings. The Kier molecular flexibility index (Phi) is 5.04. The number of alkyl halides is 2. The summed E-state index contributed by atoms with van der Waals surface area (Å²) in [7, 11) is 0. The number of halogens is 2. The van der Waals surface area contributed by atoms with E-state index in [0.29, 0.717) is 11.1 Å². The van der Waals surface area contributed by atoms with Crippen LogP contribution in [-0.2, 0) is 11.2 Å². The highest BCUT2D eigenvalue weighted by atomic mass is 35.5. The monoisotopic (exact) mass is 400 g/mol. The number of benzene rings is 2. The second-order valence-corrected chi connectivity index (χ2v) is 6.80. The van der Waals surface area contributed by atoms with E-state index < -0.39 is 23.0 Å². The van der Waals surface area contributed by atoms with Crippen LogP contribution in [0.5, 0.6) is 28.7 Å². The van der Waals surface area contributed by atoms with Gasteiger partial charge in [-0.2, -0.15) is 0 Å². The van der Waals surface area contributed by atoms with Crippen LogP contribution >= 0.6 is 23.2 Å². The number of hydrogen-bond donors (Lipinski definition) is 4. The zero-order chi connectivity index (χ0) is 19.0. The number of aromatic hydroxyl groups is 3. The molecule has 138 valence electrons. The van der Waals surface area contributed by atoms with Crippen molar-refractivity contribution in [1.29, 1.82) is 0 Å². The van der Waals surface area contributed by atoms with E-state index in [1.165, 1.54) is 30.3 Å². The summed E-state index contributed by atoms with van der Waals surface area (Å²) in [5.41, 5.74) is 0.777. The van der Waals surface area contributed by atoms with Crippen molar-refractivity contribution in [2.24, 2.45) is 0 Å². The second-order valence-electron chi connectivity index (χ2n) is 5.70. The molecule has 0 amide bonds. The molecule has 2 atom stereocenters. The molecule has 1 heterocycles. The third-order valence-electron chi connectivity index (χ3n) is 3.89. The first-order valence-electron chi connectivity index (χ1n) is 7.48. The Morgan fingerprint density at radius 2 is 1.88 bits per heavy atom. The molecule has 9 heteroatoms. The normalized spacial score (nSPS) is 18.9. The number of rotatable bonds is 3. The Balaban J connectivity index is 1.95. The number of esters is 1. The highest BCUT2D eigenvalue weighted by Crippen LogP contribution is 2.43. The van der Waals surface area contributed by atoms with E-state index in [1.807, 2.05) is 0 Å². The molecule has 2 aromatic rings. The molecule has 0 saturated heterocycles. The lowest BCUT2D eigenvalue weighted by molar-refractivity contribution is -0.132. The van der Waals surface area contributed by atoms with E-state index in [4.69, 9.17) is 32.7 Å². The Hall–Kier alpha value is -2.35. The Labute approximate surface area is 157 Å². The maximum Gasteiger partial charge on any atom is 0.344 e. The van der Waals surface area contributed by atoms with Gasteiger partial charge in [0.2, 0.25) is 4.84 Å². The second kappa shape index (κ2) is 7.11. The molecule has 1 aliphatic heterocycles. The summed E-state index contributed by atoms with van der Waals surface area (Å²) in [6, 6.07) is 6.53. The SMILES string of the molecule is O=C(Oc1cc(O)cc2c1CC(O)C(c1ccc(O)c(O)c1)O2)C(Cl)Cl. The Bertz CT molecular complexity index is 853. The molecule has 2 unspecified atom stereocenters. The summed E-state index contributed by atoms with van der Waals surface area (Å²) >= 11 is 10.9. The van der Waals surface area contributed by atoms with E-state index in [0.717, 1.165) is 0 Å². The topological polar surface area (TPSA) is 116 Å². The number of carbonyl (C=O) groups is 1. The molecule has 7 nitrogen and oxygen atoms in total. The fourth-order valence-electron chi connectivity index (χ4n) is 2.70. The molecular formula is C17H14Cl2O7. The van der Waals surface area contributed by atoms with E-state index in [9.17, 15) is 25.2 Å². The van der Waals surface area contributed by atoms with Gasteiger partial charge in [-0.15, -0.1) is 0 Å². The van der Waals surface area contributed by atoms with Crippen LogP contribution in [0.2, 0.25) is 0 Å². The first-order chi connectivity index (χ1) is 12.3. The Morgan fingerprint density at radius 3 is 2.54 bits per heavy atom. The van der Waals surface area contributed by atoms with Crippen molar-refractivity contribution in [3.8, 4) is 28.7 Å². The molecule has 0 saturated carbocycles. The van der Waals surface area contributed by atoms with Crippen molar-refractivity contribution >= 4 is 29.2 Å². The molecule has 26 heavy (non-hydrogen) atoms. The maximum atomic E-state index is 11.6. The van der Waals surface area contributed by atoms with Gasteiger partial charge < -0.3 is 29.9 Å². The van der Waals surface area contributed by atoms with Crippen molar-refractivity contribution in [3.63, 3.8) is 0 Å². The van der Waals surface area contributed by atoms with Gasteiger partial charge in [0, 0.05) is 24.1 Å². The number of phenols is 3. The average Bonchev–Trinajstić information content (AvgIpc) is 2.57. The lowest BCUT2D eigenvalue weighted by Crippen LogP contribution is -2.31. The predicted molar refractivity (Wildman–Crippen MR) is 92.1 cm³/mol. The van der Waals surface area contributed by atoms with Crippen LogP contribution in [0.25, 0.3) is 0 Å². The summed E-state index contributed by atoms with van der Waals surface area (Å²) in [5, 5.41) is 39.3. The molecule has 0 aromatic heterocycles. The standard InChI is InChI=1S/C17H14Cl2O7/c18-16(19)17(24)26-14-5-8(20)4-13-9(14)6-12(23)15(25-13)7-1-2-10(21)11(22)3-7/h1-5,12,15-16,20-23H,6H2. The average molecular weight is 401 g/mol. The molecular weight excluding hydrogens is 387 g/mol. The van der Waals surface area contributed by atoms with Gasteiger partial charge in [-0.25, -0.2) is 4.79 Å². The van der Waals surface area contributed by atoms with Crippen LogP contribution in [0.4, 0.5) is 0 Å². The summed E-state index contributed by atoms with van der Waals surface area (Å²) in [4.78, 5) is 10.2. The van der Waals surface area contributed by atoms with Crippen LogP contribution in [0, 0.1) is 0 Å². The maximum absolute atomic E-state index is 11.6. The zero-order valence-electron chi connectivity index (χ0n) is 13.1. The van der Waals surface area contributed by atoms with Crippen LogP contribution in [0.3, 0.4) is 0 Å². The highest BCUT2D eigenvalue weighted by Gasteiger charge is 2.33. The van der Waals surface area contributed by atoms with Gasteiger partial charge >= 0.3 is 5.97 Å². The predicted octanol–water partition coefficient (Wildman–Crippen LogP) is 2.55. The lowest BCUT2D eigenvalue weighted by Gasteiger charge is -2.32. The number of hydrogen-bond acceptors (Lipinski definition) is 7. The summed E-state index contributed by atoms with van der Waals surface area (Å²) in [5.74, 6) is -1.65. The lowest BCUT2D eigenvalue weighted by atomic mass is 9.94. The van der Waals surface area contributed by atoms with Gasteiger partial charge in [0.15, 0.2) is 11.5 Å². The number of fused-ring (bicyclic) bond motifs is 1. The quantitative estimate of drug-likeness (QED) is 0.270. The Morgan fingerprint density at radius 1 is 1.15 bits per heavy atom. The highest BCUT2D eigenvalue weighted by molar-refractivity contribution is 6.53. The number of ether oxygens (including phenoxy) is 2. The smallest absolute Gasteiger partial charge is 0.344 e. The fourth-order valence-corrected chi connectivity index (χ4v) is 2.78. The minimum atomic E-state index is -1.41. The van der Waals surface area contributed by atoms with E-state index >= 15 is 0 Å². The molecule has 0 radical (unpaired) electrons. The molecule has 0 spiro atoms. The first kappa shape index (κ1) is 18.4. The van der Waals surface area contributed by atoms with E-state index in [2.05, 4.69) is 0 Å². The van der Waals surface area contributed by atoms with Gasteiger partial charge in [-0.3, -0.25) is 0 Å². The van der Waals surface area contributed by atoms with Crippen molar-refractivity contribution in [2.75, 3.05) is 0 Å². The summed E-state index contributed by atoms with van der Waals surface area (Å²) < 4.78 is 10.8. The molecule has 2 aromatic carbocycles. The minimum Gasteiger partial charge on any atom is -0.508 e. The molecule has 4 N–H and O–H groups in total. The molecule has 0 aliphatic carbocycles. The number of phenolic OH excluding ortho intramolecular Hbond substituents is 3. The van der Waals surface area contributed by atoms with Crippen molar-refractivity contribution in [2.45, 2.75) is 23.5 Å². The van der Waals surface area contributed by atoms with Crippen LogP contribution in [0.15, 0.2) is 30.3 Å². The van der Waals surface area contributed by atoms with Gasteiger partial charge in [0.25, 0.3) is 0 Å². The van der Waals surface area contributed by atoms with E-state index in [1.54, 1.807) is 0 Å². The van der Waals surface area contributed by atoms with Crippen molar-refractivity contribution in [3.05, 3.63) is 41.5 Å². The number of carbonyl (C=O) groups excluding carboxylic acids is 1. The zero-order valence-corrected chi connectivity index (χ0v) is 14.6. The van der Waals surface area contributed by atoms with Gasteiger partial charge in [0.1, 0.15) is 23.4 Å². The largest absolute Gasteiger partial charge is 0.508 e. The minimum absolute atomic E-state index is 0.0256.